The minimum atomic E-state index is -1.25. The van der Waals surface area contributed by atoms with Crippen molar-refractivity contribution in [3.05, 3.63) is 60.3 Å². The number of hydrogen-bond acceptors (Lipinski definition) is 3. The summed E-state index contributed by atoms with van der Waals surface area (Å²) >= 11 is 0. The lowest BCUT2D eigenvalue weighted by Gasteiger charge is -2.07. The zero-order valence-electron chi connectivity index (χ0n) is 10.4. The molecule has 3 aromatic rings. The third-order valence-corrected chi connectivity index (χ3v) is 3.14. The van der Waals surface area contributed by atoms with Crippen LogP contribution in [0.1, 0.15) is 10.5 Å². The minimum Gasteiger partial charge on any atom is -0.505 e. The van der Waals surface area contributed by atoms with E-state index in [-0.39, 0.29) is 11.4 Å². The Balaban J connectivity index is 2.26. The van der Waals surface area contributed by atoms with Crippen LogP contribution in [0.25, 0.3) is 22.0 Å². The Hall–Kier alpha value is -2.88. The van der Waals surface area contributed by atoms with Crippen LogP contribution in [0.15, 0.2) is 54.6 Å². The van der Waals surface area contributed by atoms with Crippen molar-refractivity contribution in [1.29, 1.82) is 0 Å². The summed E-state index contributed by atoms with van der Waals surface area (Å²) in [6.07, 6.45) is 0. The van der Waals surface area contributed by atoms with Crippen molar-refractivity contribution in [2.75, 3.05) is 0 Å². The van der Waals surface area contributed by atoms with Gasteiger partial charge in [0.2, 0.25) is 0 Å². The van der Waals surface area contributed by atoms with Crippen molar-refractivity contribution in [3.63, 3.8) is 0 Å². The summed E-state index contributed by atoms with van der Waals surface area (Å²) in [6, 6.07) is 16.5. The number of aromatic nitrogens is 1. The molecule has 0 saturated carbocycles. The van der Waals surface area contributed by atoms with Crippen molar-refractivity contribution in [3.8, 4) is 17.0 Å². The van der Waals surface area contributed by atoms with E-state index in [0.717, 1.165) is 16.3 Å². The Kier molecular flexibility index (Phi) is 2.84. The number of carboxylic acid groups (broad SMARTS) is 1. The van der Waals surface area contributed by atoms with Gasteiger partial charge in [-0.15, -0.1) is 0 Å². The van der Waals surface area contributed by atoms with Gasteiger partial charge in [-0.25, -0.2) is 9.78 Å². The SMILES string of the molecule is O=C(O)c1nc(-c2cccc3ccccc23)ccc1O. The summed E-state index contributed by atoms with van der Waals surface area (Å²) in [7, 11) is 0. The summed E-state index contributed by atoms with van der Waals surface area (Å²) in [4.78, 5) is 15.1. The summed E-state index contributed by atoms with van der Waals surface area (Å²) in [5.74, 6) is -1.58. The molecule has 4 heteroatoms. The molecule has 20 heavy (non-hydrogen) atoms. The number of rotatable bonds is 2. The van der Waals surface area contributed by atoms with Crippen LogP contribution in [-0.4, -0.2) is 21.2 Å². The van der Waals surface area contributed by atoms with Crippen LogP contribution in [0.3, 0.4) is 0 Å². The van der Waals surface area contributed by atoms with Gasteiger partial charge in [0, 0.05) is 5.56 Å². The van der Waals surface area contributed by atoms with Gasteiger partial charge in [0.1, 0.15) is 5.75 Å². The lowest BCUT2D eigenvalue weighted by atomic mass is 10.0. The Morgan fingerprint density at radius 1 is 0.950 bits per heavy atom. The van der Waals surface area contributed by atoms with E-state index in [4.69, 9.17) is 5.11 Å². The maximum Gasteiger partial charge on any atom is 0.358 e. The van der Waals surface area contributed by atoms with Gasteiger partial charge in [-0.05, 0) is 22.9 Å². The lowest BCUT2D eigenvalue weighted by Crippen LogP contribution is -2.01. The predicted molar refractivity (Wildman–Crippen MR) is 75.8 cm³/mol. The van der Waals surface area contributed by atoms with Gasteiger partial charge in [-0.2, -0.15) is 0 Å². The van der Waals surface area contributed by atoms with Crippen molar-refractivity contribution < 1.29 is 15.0 Å². The molecule has 3 rings (SSSR count). The standard InChI is InChI=1S/C16H11NO3/c18-14-9-8-13(17-15(14)16(19)20)12-7-3-5-10-4-1-2-6-11(10)12/h1-9,18H,(H,19,20). The molecular weight excluding hydrogens is 254 g/mol. The van der Waals surface area contributed by atoms with Crippen LogP contribution in [0.2, 0.25) is 0 Å². The molecule has 0 bridgehead atoms. The summed E-state index contributed by atoms with van der Waals surface area (Å²) in [6.45, 7) is 0. The molecule has 0 aliphatic carbocycles. The van der Waals surface area contributed by atoms with Crippen LogP contribution in [0.5, 0.6) is 5.75 Å². The third-order valence-electron chi connectivity index (χ3n) is 3.14. The highest BCUT2D eigenvalue weighted by Crippen LogP contribution is 2.29. The number of nitrogens with zero attached hydrogens (tertiary/aromatic N) is 1. The van der Waals surface area contributed by atoms with E-state index in [1.165, 1.54) is 6.07 Å². The van der Waals surface area contributed by atoms with E-state index in [1.54, 1.807) is 6.07 Å². The average Bonchev–Trinajstić information content (AvgIpc) is 2.47. The predicted octanol–water partition coefficient (Wildman–Crippen LogP) is 3.31. The number of fused-ring (bicyclic) bond motifs is 1. The first-order valence-corrected chi connectivity index (χ1v) is 6.08. The number of carboxylic acids is 1. The summed E-state index contributed by atoms with van der Waals surface area (Å²) in [5.41, 5.74) is 1.03. The molecule has 4 nitrogen and oxygen atoms in total. The van der Waals surface area contributed by atoms with E-state index < -0.39 is 5.97 Å². The highest BCUT2D eigenvalue weighted by Gasteiger charge is 2.14. The largest absolute Gasteiger partial charge is 0.505 e. The van der Waals surface area contributed by atoms with Crippen molar-refractivity contribution in [2.24, 2.45) is 0 Å². The second-order valence-electron chi connectivity index (χ2n) is 4.40. The Morgan fingerprint density at radius 2 is 1.70 bits per heavy atom. The molecule has 0 saturated heterocycles. The number of aromatic carboxylic acids is 1. The average molecular weight is 265 g/mol. The first-order chi connectivity index (χ1) is 9.66. The minimum absolute atomic E-state index is 0.332. The van der Waals surface area contributed by atoms with Crippen LogP contribution < -0.4 is 0 Å². The van der Waals surface area contributed by atoms with E-state index in [1.807, 2.05) is 42.5 Å². The lowest BCUT2D eigenvalue weighted by molar-refractivity contribution is 0.0687. The number of aromatic hydroxyl groups is 1. The van der Waals surface area contributed by atoms with Gasteiger partial charge < -0.3 is 10.2 Å². The first-order valence-electron chi connectivity index (χ1n) is 6.08. The second kappa shape index (κ2) is 4.66. The van der Waals surface area contributed by atoms with Gasteiger partial charge in [-0.3, -0.25) is 0 Å². The van der Waals surface area contributed by atoms with Crippen molar-refractivity contribution >= 4 is 16.7 Å². The van der Waals surface area contributed by atoms with E-state index in [0.29, 0.717) is 5.69 Å². The van der Waals surface area contributed by atoms with E-state index in [9.17, 15) is 9.90 Å². The molecule has 0 aliphatic heterocycles. The Morgan fingerprint density at radius 3 is 2.50 bits per heavy atom. The smallest absolute Gasteiger partial charge is 0.358 e. The number of carbonyl (C=O) groups is 1. The molecule has 0 atom stereocenters. The molecule has 2 N–H and O–H groups in total. The van der Waals surface area contributed by atoms with Crippen LogP contribution >= 0.6 is 0 Å². The van der Waals surface area contributed by atoms with Crippen LogP contribution in [0.4, 0.5) is 0 Å². The Labute approximate surface area is 115 Å². The molecule has 1 heterocycles. The molecule has 0 aliphatic rings. The molecule has 2 aromatic carbocycles. The van der Waals surface area contributed by atoms with Gasteiger partial charge >= 0.3 is 5.97 Å². The second-order valence-corrected chi connectivity index (χ2v) is 4.40. The van der Waals surface area contributed by atoms with Crippen molar-refractivity contribution in [2.45, 2.75) is 0 Å². The summed E-state index contributed by atoms with van der Waals surface area (Å²) < 4.78 is 0. The molecule has 0 spiro atoms. The fourth-order valence-corrected chi connectivity index (χ4v) is 2.21. The number of benzene rings is 2. The molecule has 1 aromatic heterocycles. The molecule has 98 valence electrons. The van der Waals surface area contributed by atoms with Gasteiger partial charge in [-0.1, -0.05) is 42.5 Å². The zero-order chi connectivity index (χ0) is 14.1. The topological polar surface area (TPSA) is 70.4 Å². The van der Waals surface area contributed by atoms with E-state index in [2.05, 4.69) is 4.98 Å². The first kappa shape index (κ1) is 12.2. The van der Waals surface area contributed by atoms with Crippen LogP contribution in [0, 0.1) is 0 Å². The molecule has 0 amide bonds. The fourth-order valence-electron chi connectivity index (χ4n) is 2.21. The van der Waals surface area contributed by atoms with E-state index >= 15 is 0 Å². The highest BCUT2D eigenvalue weighted by atomic mass is 16.4. The molecular formula is C16H11NO3. The summed E-state index contributed by atoms with van der Waals surface area (Å²) in [5, 5.41) is 20.6. The van der Waals surface area contributed by atoms with Gasteiger partial charge in [0.05, 0.1) is 5.69 Å². The van der Waals surface area contributed by atoms with Crippen molar-refractivity contribution in [1.82, 2.24) is 4.98 Å². The molecule has 0 unspecified atom stereocenters. The monoisotopic (exact) mass is 265 g/mol. The zero-order valence-corrected chi connectivity index (χ0v) is 10.4. The highest BCUT2D eigenvalue weighted by molar-refractivity contribution is 5.96. The fraction of sp³-hybridized carbons (Fsp3) is 0. The van der Waals surface area contributed by atoms with Gasteiger partial charge in [0.15, 0.2) is 5.69 Å². The molecule has 0 radical (unpaired) electrons. The maximum atomic E-state index is 11.0. The quantitative estimate of drug-likeness (QED) is 0.745. The maximum absolute atomic E-state index is 11.0. The third kappa shape index (κ3) is 1.97. The van der Waals surface area contributed by atoms with Gasteiger partial charge in [0.25, 0.3) is 0 Å². The normalized spacial score (nSPS) is 10.6. The molecule has 0 fully saturated rings. The van der Waals surface area contributed by atoms with Crippen LogP contribution in [-0.2, 0) is 0 Å². The number of pyridine rings is 1. The number of hydrogen-bond donors (Lipinski definition) is 2. The Bertz CT molecular complexity index is 806.